The average Bonchev–Trinajstić information content (AvgIpc) is 3.06. The number of anilines is 1. The van der Waals surface area contributed by atoms with Crippen molar-refractivity contribution >= 4 is 22.5 Å². The van der Waals surface area contributed by atoms with Gasteiger partial charge in [0.2, 0.25) is 0 Å². The van der Waals surface area contributed by atoms with E-state index in [-0.39, 0.29) is 5.91 Å². The van der Waals surface area contributed by atoms with Crippen LogP contribution in [0.25, 0.3) is 10.9 Å². The minimum absolute atomic E-state index is 0.133. The lowest BCUT2D eigenvalue weighted by atomic mass is 10.2. The maximum absolute atomic E-state index is 12.0. The van der Waals surface area contributed by atoms with Gasteiger partial charge in [-0.15, -0.1) is 0 Å². The number of amides is 1. The van der Waals surface area contributed by atoms with Crippen molar-refractivity contribution in [2.75, 3.05) is 12.3 Å². The topological polar surface area (TPSA) is 99.6 Å². The molecule has 6 nitrogen and oxygen atoms in total. The Morgan fingerprint density at radius 2 is 2.25 bits per heavy atom. The van der Waals surface area contributed by atoms with Crippen molar-refractivity contribution in [2.24, 2.45) is 0 Å². The van der Waals surface area contributed by atoms with Gasteiger partial charge in [-0.05, 0) is 24.3 Å². The van der Waals surface area contributed by atoms with E-state index in [2.05, 4.69) is 20.3 Å². The molecule has 0 fully saturated rings. The van der Waals surface area contributed by atoms with Crippen LogP contribution in [0.5, 0.6) is 0 Å². The van der Waals surface area contributed by atoms with Crippen molar-refractivity contribution in [3.63, 3.8) is 0 Å². The molecule has 6 heteroatoms. The molecular formula is C14H15N5O. The Bertz CT molecular complexity index is 729. The molecule has 0 atom stereocenters. The largest absolute Gasteiger partial charge is 0.399 e. The van der Waals surface area contributed by atoms with Gasteiger partial charge in [-0.2, -0.15) is 0 Å². The zero-order chi connectivity index (χ0) is 13.9. The lowest BCUT2D eigenvalue weighted by Crippen LogP contribution is -2.26. The van der Waals surface area contributed by atoms with E-state index in [1.807, 2.05) is 12.1 Å². The Morgan fingerprint density at radius 3 is 3.05 bits per heavy atom. The zero-order valence-electron chi connectivity index (χ0n) is 10.8. The first kappa shape index (κ1) is 12.3. The molecule has 2 heterocycles. The first-order valence-corrected chi connectivity index (χ1v) is 6.37. The second-order valence-electron chi connectivity index (χ2n) is 4.57. The van der Waals surface area contributed by atoms with Crippen LogP contribution in [0.4, 0.5) is 5.69 Å². The summed E-state index contributed by atoms with van der Waals surface area (Å²) < 4.78 is 0. The van der Waals surface area contributed by atoms with E-state index < -0.39 is 0 Å². The van der Waals surface area contributed by atoms with Crippen molar-refractivity contribution in [2.45, 2.75) is 6.42 Å². The van der Waals surface area contributed by atoms with E-state index in [4.69, 9.17) is 5.73 Å². The number of hydrogen-bond donors (Lipinski definition) is 4. The molecule has 3 aromatic rings. The molecule has 20 heavy (non-hydrogen) atoms. The molecule has 0 spiro atoms. The van der Waals surface area contributed by atoms with Crippen molar-refractivity contribution in [1.29, 1.82) is 0 Å². The molecule has 0 radical (unpaired) electrons. The smallest absolute Gasteiger partial charge is 0.267 e. The van der Waals surface area contributed by atoms with Crippen LogP contribution in [-0.2, 0) is 6.42 Å². The van der Waals surface area contributed by atoms with Gasteiger partial charge in [0.15, 0.2) is 0 Å². The molecule has 1 amide bonds. The summed E-state index contributed by atoms with van der Waals surface area (Å²) in [5, 5.41) is 3.78. The number of carbonyl (C=O) groups excluding carboxylic acids is 1. The molecule has 5 N–H and O–H groups in total. The van der Waals surface area contributed by atoms with Crippen LogP contribution < -0.4 is 11.1 Å². The molecule has 0 aliphatic rings. The van der Waals surface area contributed by atoms with Crippen LogP contribution in [0.2, 0.25) is 0 Å². The summed E-state index contributed by atoms with van der Waals surface area (Å²) in [4.78, 5) is 22.2. The Balaban J connectivity index is 1.66. The number of imidazole rings is 1. The van der Waals surface area contributed by atoms with E-state index in [1.54, 1.807) is 24.5 Å². The molecule has 0 bridgehead atoms. The van der Waals surface area contributed by atoms with Crippen molar-refractivity contribution < 1.29 is 4.79 Å². The van der Waals surface area contributed by atoms with Gasteiger partial charge in [-0.1, -0.05) is 0 Å². The predicted molar refractivity (Wildman–Crippen MR) is 77.3 cm³/mol. The van der Waals surface area contributed by atoms with Crippen LogP contribution >= 0.6 is 0 Å². The highest BCUT2D eigenvalue weighted by atomic mass is 16.1. The number of fused-ring (bicyclic) bond motifs is 1. The van der Waals surface area contributed by atoms with Gasteiger partial charge in [0.05, 0.1) is 0 Å². The van der Waals surface area contributed by atoms with Gasteiger partial charge in [-0.25, -0.2) is 4.98 Å². The Morgan fingerprint density at radius 1 is 1.35 bits per heavy atom. The normalized spacial score (nSPS) is 10.8. The monoisotopic (exact) mass is 269 g/mol. The Labute approximate surface area is 115 Å². The molecule has 1 aromatic carbocycles. The highest BCUT2D eigenvalue weighted by Crippen LogP contribution is 2.18. The second kappa shape index (κ2) is 5.08. The number of rotatable bonds is 4. The minimum Gasteiger partial charge on any atom is -0.399 e. The highest BCUT2D eigenvalue weighted by molar-refractivity contribution is 5.98. The number of nitrogens with two attached hydrogens (primary N) is 1. The van der Waals surface area contributed by atoms with Gasteiger partial charge >= 0.3 is 0 Å². The molecular weight excluding hydrogens is 254 g/mol. The molecule has 3 rings (SSSR count). The quantitative estimate of drug-likeness (QED) is 0.539. The van der Waals surface area contributed by atoms with E-state index in [0.717, 1.165) is 16.7 Å². The van der Waals surface area contributed by atoms with Crippen LogP contribution in [0.15, 0.2) is 36.7 Å². The second-order valence-corrected chi connectivity index (χ2v) is 4.57. The molecule has 0 unspecified atom stereocenters. The summed E-state index contributed by atoms with van der Waals surface area (Å²) in [6.07, 6.45) is 4.13. The van der Waals surface area contributed by atoms with Gasteiger partial charge in [-0.3, -0.25) is 4.79 Å². The van der Waals surface area contributed by atoms with Gasteiger partial charge in [0.25, 0.3) is 5.91 Å². The number of nitrogens with zero attached hydrogens (tertiary/aromatic N) is 1. The number of carbonyl (C=O) groups is 1. The fourth-order valence-electron chi connectivity index (χ4n) is 2.10. The maximum atomic E-state index is 12.0. The van der Waals surface area contributed by atoms with Gasteiger partial charge in [0, 0.05) is 41.9 Å². The zero-order valence-corrected chi connectivity index (χ0v) is 10.8. The highest BCUT2D eigenvalue weighted by Gasteiger charge is 2.09. The Hall–Kier alpha value is -2.76. The summed E-state index contributed by atoms with van der Waals surface area (Å²) >= 11 is 0. The van der Waals surface area contributed by atoms with Crippen LogP contribution in [0.1, 0.15) is 16.3 Å². The van der Waals surface area contributed by atoms with Crippen LogP contribution in [0.3, 0.4) is 0 Å². The van der Waals surface area contributed by atoms with Crippen molar-refractivity contribution in [3.05, 3.63) is 48.2 Å². The van der Waals surface area contributed by atoms with Crippen LogP contribution in [0, 0.1) is 0 Å². The van der Waals surface area contributed by atoms with E-state index in [9.17, 15) is 4.79 Å². The summed E-state index contributed by atoms with van der Waals surface area (Å²) in [5.41, 5.74) is 7.83. The average molecular weight is 269 g/mol. The number of aromatic nitrogens is 3. The van der Waals surface area contributed by atoms with E-state index >= 15 is 0 Å². The predicted octanol–water partition coefficient (Wildman–Crippen LogP) is 1.45. The van der Waals surface area contributed by atoms with Gasteiger partial charge in [0.1, 0.15) is 11.5 Å². The number of hydrogen-bond acceptors (Lipinski definition) is 3. The fourth-order valence-corrected chi connectivity index (χ4v) is 2.10. The number of nitrogens with one attached hydrogen (secondary N) is 3. The fraction of sp³-hybridized carbons (Fsp3) is 0.143. The summed E-state index contributed by atoms with van der Waals surface area (Å²) in [7, 11) is 0. The van der Waals surface area contributed by atoms with Crippen molar-refractivity contribution in [3.8, 4) is 0 Å². The molecule has 102 valence electrons. The SMILES string of the molecule is Nc1ccc2[nH]c(C(=O)NCCc3ncc[nH]3)cc2c1. The number of aromatic amines is 2. The third-order valence-electron chi connectivity index (χ3n) is 3.09. The number of H-pyrrole nitrogens is 2. The summed E-state index contributed by atoms with van der Waals surface area (Å²) in [6.45, 7) is 0.532. The third kappa shape index (κ3) is 2.49. The first-order chi connectivity index (χ1) is 9.72. The number of nitrogen functional groups attached to an aromatic ring is 1. The van der Waals surface area contributed by atoms with Crippen molar-refractivity contribution in [1.82, 2.24) is 20.3 Å². The van der Waals surface area contributed by atoms with E-state index in [1.165, 1.54) is 0 Å². The molecule has 0 saturated carbocycles. The maximum Gasteiger partial charge on any atom is 0.267 e. The lowest BCUT2D eigenvalue weighted by molar-refractivity contribution is 0.0950. The lowest BCUT2D eigenvalue weighted by Gasteiger charge is -2.01. The van der Waals surface area contributed by atoms with Gasteiger partial charge < -0.3 is 21.0 Å². The minimum atomic E-state index is -0.133. The first-order valence-electron chi connectivity index (χ1n) is 6.37. The Kier molecular flexibility index (Phi) is 3.12. The summed E-state index contributed by atoms with van der Waals surface area (Å²) in [5.74, 6) is 0.723. The molecule has 0 aliphatic carbocycles. The third-order valence-corrected chi connectivity index (χ3v) is 3.09. The summed E-state index contributed by atoms with van der Waals surface area (Å²) in [6, 6.07) is 7.31. The molecule has 2 aromatic heterocycles. The molecule has 0 aliphatic heterocycles. The van der Waals surface area contributed by atoms with Crippen LogP contribution in [-0.4, -0.2) is 27.4 Å². The molecule has 0 saturated heterocycles. The number of benzene rings is 1. The van der Waals surface area contributed by atoms with E-state index in [0.29, 0.717) is 24.3 Å². The standard InChI is InChI=1S/C14H15N5O/c15-10-1-2-11-9(7-10)8-12(19-11)14(20)18-4-3-13-16-5-6-17-13/h1-2,5-8,19H,3-4,15H2,(H,16,17)(H,18,20).